The Morgan fingerprint density at radius 3 is 2.89 bits per heavy atom. The number of carbonyl (C=O) groups is 1. The maximum Gasteiger partial charge on any atom is 0.339 e. The first-order valence-electron chi connectivity index (χ1n) is 4.91. The summed E-state index contributed by atoms with van der Waals surface area (Å²) in [4.78, 5) is 11.1. The summed E-state index contributed by atoms with van der Waals surface area (Å²) in [6.07, 6.45) is 0. The number of pyridine rings is 1. The molecule has 18 heavy (non-hydrogen) atoms. The van der Waals surface area contributed by atoms with Crippen molar-refractivity contribution < 1.29 is 14.3 Å². The number of hydrogen-bond donors (Lipinski definition) is 2. The molecule has 3 aromatic rings. The number of fused-ring (bicyclic) bond motifs is 3. The van der Waals surface area contributed by atoms with Crippen molar-refractivity contribution in [2.75, 3.05) is 5.73 Å². The van der Waals surface area contributed by atoms with E-state index in [0.717, 1.165) is 6.07 Å². The molecule has 0 atom stereocenters. The highest BCUT2D eigenvalue weighted by atomic mass is 19.1. The van der Waals surface area contributed by atoms with Gasteiger partial charge in [0, 0.05) is 5.39 Å². The second kappa shape index (κ2) is 3.36. The van der Waals surface area contributed by atoms with Gasteiger partial charge in [-0.2, -0.15) is 4.52 Å². The van der Waals surface area contributed by atoms with Crippen molar-refractivity contribution in [3.05, 3.63) is 29.6 Å². The number of aromatic nitrogens is 4. The normalized spacial score (nSPS) is 11.2. The summed E-state index contributed by atoms with van der Waals surface area (Å²) < 4.78 is 14.6. The van der Waals surface area contributed by atoms with E-state index in [1.165, 1.54) is 16.6 Å². The first-order chi connectivity index (χ1) is 8.58. The van der Waals surface area contributed by atoms with Crippen molar-refractivity contribution in [2.24, 2.45) is 0 Å². The van der Waals surface area contributed by atoms with E-state index in [-0.39, 0.29) is 16.9 Å². The molecule has 0 aliphatic rings. The number of carboxylic acid groups (broad SMARTS) is 1. The van der Waals surface area contributed by atoms with Crippen LogP contribution in [0.3, 0.4) is 0 Å². The minimum atomic E-state index is -1.19. The fraction of sp³-hybridized carbons (Fsp3) is 0. The number of anilines is 1. The van der Waals surface area contributed by atoms with Crippen LogP contribution in [0.1, 0.15) is 10.4 Å². The van der Waals surface area contributed by atoms with E-state index >= 15 is 0 Å². The van der Waals surface area contributed by atoms with Gasteiger partial charge < -0.3 is 10.8 Å². The Morgan fingerprint density at radius 1 is 1.39 bits per heavy atom. The molecule has 3 N–H and O–H groups in total. The first-order valence-corrected chi connectivity index (χ1v) is 4.91. The monoisotopic (exact) mass is 247 g/mol. The van der Waals surface area contributed by atoms with E-state index in [9.17, 15) is 9.18 Å². The smallest absolute Gasteiger partial charge is 0.339 e. The fourth-order valence-electron chi connectivity index (χ4n) is 1.79. The lowest BCUT2D eigenvalue weighted by molar-refractivity contribution is 0.0698. The topological polar surface area (TPSA) is 106 Å². The van der Waals surface area contributed by atoms with Gasteiger partial charge in [0.2, 0.25) is 0 Å². The molecule has 0 saturated carbocycles. The van der Waals surface area contributed by atoms with Crippen LogP contribution in [-0.4, -0.2) is 31.1 Å². The lowest BCUT2D eigenvalue weighted by Crippen LogP contribution is -2.03. The Hall–Kier alpha value is -2.77. The number of halogens is 1. The van der Waals surface area contributed by atoms with Gasteiger partial charge in [-0.3, -0.25) is 0 Å². The molecular weight excluding hydrogens is 241 g/mol. The summed E-state index contributed by atoms with van der Waals surface area (Å²) in [5.41, 5.74) is 5.84. The molecule has 7 nitrogen and oxygen atoms in total. The van der Waals surface area contributed by atoms with Gasteiger partial charge >= 0.3 is 5.97 Å². The number of benzene rings is 1. The Kier molecular flexibility index (Phi) is 1.94. The summed E-state index contributed by atoms with van der Waals surface area (Å²) in [7, 11) is 0. The zero-order chi connectivity index (χ0) is 12.9. The molecule has 2 heterocycles. The van der Waals surface area contributed by atoms with Crippen molar-refractivity contribution in [3.63, 3.8) is 0 Å². The number of tetrazole rings is 1. The Balaban J connectivity index is 2.55. The van der Waals surface area contributed by atoms with E-state index in [4.69, 9.17) is 10.8 Å². The zero-order valence-electron chi connectivity index (χ0n) is 8.83. The number of carboxylic acids is 1. The average molecular weight is 247 g/mol. The van der Waals surface area contributed by atoms with Gasteiger partial charge in [-0.25, -0.2) is 9.18 Å². The van der Waals surface area contributed by atoms with Crippen molar-refractivity contribution in [1.29, 1.82) is 0 Å². The van der Waals surface area contributed by atoms with Gasteiger partial charge in [-0.15, -0.1) is 5.10 Å². The van der Waals surface area contributed by atoms with Crippen molar-refractivity contribution in [1.82, 2.24) is 20.0 Å². The molecule has 90 valence electrons. The van der Waals surface area contributed by atoms with Crippen LogP contribution in [0.5, 0.6) is 0 Å². The van der Waals surface area contributed by atoms with Crippen LogP contribution in [0.25, 0.3) is 16.6 Å². The number of hydrogen-bond acceptors (Lipinski definition) is 5. The second-order valence-corrected chi connectivity index (χ2v) is 3.71. The van der Waals surface area contributed by atoms with E-state index in [2.05, 4.69) is 15.5 Å². The maximum atomic E-state index is 13.4. The largest absolute Gasteiger partial charge is 0.478 e. The molecule has 2 aromatic heterocycles. The second-order valence-electron chi connectivity index (χ2n) is 3.71. The third-order valence-electron chi connectivity index (χ3n) is 2.61. The van der Waals surface area contributed by atoms with Crippen LogP contribution in [0.15, 0.2) is 18.2 Å². The molecule has 3 rings (SSSR count). The lowest BCUT2D eigenvalue weighted by atomic mass is 10.1. The van der Waals surface area contributed by atoms with Crippen LogP contribution in [-0.2, 0) is 0 Å². The predicted octanol–water partition coefficient (Wildman–Crippen LogP) is 0.697. The molecule has 0 radical (unpaired) electrons. The molecule has 0 spiro atoms. The van der Waals surface area contributed by atoms with Gasteiger partial charge in [-0.1, -0.05) is 0 Å². The number of nitrogens with two attached hydrogens (primary N) is 1. The minimum absolute atomic E-state index is 0.0534. The highest BCUT2D eigenvalue weighted by Crippen LogP contribution is 2.23. The zero-order valence-corrected chi connectivity index (χ0v) is 8.83. The van der Waals surface area contributed by atoms with Gasteiger partial charge in [0.25, 0.3) is 0 Å². The first kappa shape index (κ1) is 10.4. The van der Waals surface area contributed by atoms with Crippen molar-refractivity contribution in [3.8, 4) is 0 Å². The highest BCUT2D eigenvalue weighted by molar-refractivity contribution is 5.99. The van der Waals surface area contributed by atoms with Crippen LogP contribution >= 0.6 is 0 Å². The minimum Gasteiger partial charge on any atom is -0.478 e. The summed E-state index contributed by atoms with van der Waals surface area (Å²) in [5, 5.41) is 20.1. The summed E-state index contributed by atoms with van der Waals surface area (Å²) in [5.74, 6) is -1.81. The van der Waals surface area contributed by atoms with Crippen LogP contribution in [0.2, 0.25) is 0 Å². The van der Waals surface area contributed by atoms with Gasteiger partial charge in [0.15, 0.2) is 5.65 Å². The van der Waals surface area contributed by atoms with E-state index < -0.39 is 11.8 Å². The van der Waals surface area contributed by atoms with E-state index in [0.29, 0.717) is 10.9 Å². The third-order valence-corrected chi connectivity index (χ3v) is 2.61. The lowest BCUT2D eigenvalue weighted by Gasteiger charge is -2.04. The number of rotatable bonds is 1. The Morgan fingerprint density at radius 2 is 2.17 bits per heavy atom. The quantitative estimate of drug-likeness (QED) is 0.613. The molecule has 0 amide bonds. The summed E-state index contributed by atoms with van der Waals surface area (Å²) in [6, 6.07) is 3.82. The van der Waals surface area contributed by atoms with Gasteiger partial charge in [0.1, 0.15) is 11.4 Å². The molecule has 0 bridgehead atoms. The maximum absolute atomic E-state index is 13.4. The Labute approximate surface area is 98.6 Å². The molecule has 1 aromatic carbocycles. The molecule has 0 unspecified atom stereocenters. The third kappa shape index (κ3) is 1.29. The molecular formula is C10H6FN5O2. The van der Waals surface area contributed by atoms with E-state index in [1.807, 2.05) is 0 Å². The van der Waals surface area contributed by atoms with Gasteiger partial charge in [-0.05, 0) is 28.6 Å². The Bertz CT molecular complexity index is 798. The van der Waals surface area contributed by atoms with Crippen LogP contribution in [0, 0.1) is 5.82 Å². The van der Waals surface area contributed by atoms with E-state index in [1.54, 1.807) is 0 Å². The SMILES string of the molecule is Nc1cc2c(cc1F)cc(C(=O)O)c1nnnn12. The highest BCUT2D eigenvalue weighted by Gasteiger charge is 2.16. The molecule has 8 heteroatoms. The molecule has 0 saturated heterocycles. The standard InChI is InChI=1S/C10H6FN5O2/c11-6-2-4-1-5(10(17)18)9-13-14-15-16(9)8(4)3-7(6)12/h1-3H,12H2,(H,17,18). The number of nitrogen functional groups attached to an aromatic ring is 1. The predicted molar refractivity (Wildman–Crippen MR) is 59.6 cm³/mol. The average Bonchev–Trinajstić information content (AvgIpc) is 2.79. The fourth-order valence-corrected chi connectivity index (χ4v) is 1.79. The summed E-state index contributed by atoms with van der Waals surface area (Å²) >= 11 is 0. The van der Waals surface area contributed by atoms with Crippen molar-refractivity contribution >= 4 is 28.2 Å². The summed E-state index contributed by atoms with van der Waals surface area (Å²) in [6.45, 7) is 0. The van der Waals surface area contributed by atoms with Crippen molar-refractivity contribution in [2.45, 2.75) is 0 Å². The van der Waals surface area contributed by atoms with Gasteiger partial charge in [0.05, 0.1) is 11.2 Å². The number of aromatic carboxylic acids is 1. The van der Waals surface area contributed by atoms with Crippen LogP contribution < -0.4 is 5.73 Å². The molecule has 0 aliphatic carbocycles. The molecule has 0 fully saturated rings. The molecule has 0 aliphatic heterocycles. The van der Waals surface area contributed by atoms with Crippen LogP contribution in [0.4, 0.5) is 10.1 Å². The number of nitrogens with zero attached hydrogens (tertiary/aromatic N) is 4.